The standard InChI is InChI=1S/C16H19ClN2S2/c1-16(2)7-12(18)15-13(8-16)19-14(21-15)9-20-11-5-3-10(17)4-6-11/h3-6,12H,7-9,18H2,1-2H3. The number of nitrogens with zero attached hydrogens (tertiary/aromatic N) is 1. The molecule has 1 aliphatic rings. The van der Waals surface area contributed by atoms with Crippen molar-refractivity contribution < 1.29 is 0 Å². The number of nitrogens with two attached hydrogens (primary N) is 1. The first-order valence-electron chi connectivity index (χ1n) is 7.05. The van der Waals surface area contributed by atoms with Gasteiger partial charge in [0.15, 0.2) is 0 Å². The lowest BCUT2D eigenvalue weighted by molar-refractivity contribution is 0.282. The van der Waals surface area contributed by atoms with Crippen molar-refractivity contribution >= 4 is 34.7 Å². The van der Waals surface area contributed by atoms with E-state index in [0.29, 0.717) is 0 Å². The zero-order valence-corrected chi connectivity index (χ0v) is 14.6. The molecule has 0 spiro atoms. The molecule has 2 nitrogen and oxygen atoms in total. The lowest BCUT2D eigenvalue weighted by atomic mass is 9.77. The first kappa shape index (κ1) is 15.3. The normalized spacial score (nSPS) is 20.3. The van der Waals surface area contributed by atoms with E-state index < -0.39 is 0 Å². The molecule has 3 rings (SSSR count). The molecule has 1 atom stereocenters. The Labute approximate surface area is 139 Å². The molecule has 0 fully saturated rings. The number of halogens is 1. The predicted octanol–water partition coefficient (Wildman–Crippen LogP) is 5.06. The lowest BCUT2D eigenvalue weighted by Gasteiger charge is -2.32. The second kappa shape index (κ2) is 5.92. The zero-order chi connectivity index (χ0) is 15.0. The van der Waals surface area contributed by atoms with Gasteiger partial charge in [0, 0.05) is 20.8 Å². The Kier molecular flexibility index (Phi) is 4.33. The van der Waals surface area contributed by atoms with Crippen molar-refractivity contribution in [3.05, 3.63) is 44.9 Å². The van der Waals surface area contributed by atoms with Crippen LogP contribution in [0.5, 0.6) is 0 Å². The Morgan fingerprint density at radius 2 is 2.10 bits per heavy atom. The van der Waals surface area contributed by atoms with E-state index in [0.717, 1.165) is 23.6 Å². The first-order chi connectivity index (χ1) is 9.93. The highest BCUT2D eigenvalue weighted by Crippen LogP contribution is 2.42. The highest BCUT2D eigenvalue weighted by atomic mass is 35.5. The summed E-state index contributed by atoms with van der Waals surface area (Å²) in [6, 6.07) is 8.10. The number of thiazole rings is 1. The maximum atomic E-state index is 6.31. The number of aromatic nitrogens is 1. The highest BCUT2D eigenvalue weighted by Gasteiger charge is 2.33. The summed E-state index contributed by atoms with van der Waals surface area (Å²) in [4.78, 5) is 7.33. The van der Waals surface area contributed by atoms with Gasteiger partial charge in [-0.15, -0.1) is 23.1 Å². The van der Waals surface area contributed by atoms with Gasteiger partial charge in [-0.1, -0.05) is 25.4 Å². The molecule has 0 bridgehead atoms. The topological polar surface area (TPSA) is 38.9 Å². The van der Waals surface area contributed by atoms with E-state index in [4.69, 9.17) is 22.3 Å². The van der Waals surface area contributed by atoms with Gasteiger partial charge in [0.05, 0.1) is 11.4 Å². The van der Waals surface area contributed by atoms with Crippen molar-refractivity contribution in [3.63, 3.8) is 0 Å². The lowest BCUT2D eigenvalue weighted by Crippen LogP contribution is -2.28. The Morgan fingerprint density at radius 1 is 1.38 bits per heavy atom. The molecule has 1 aliphatic carbocycles. The fourth-order valence-electron chi connectivity index (χ4n) is 2.78. The maximum absolute atomic E-state index is 6.31. The molecule has 112 valence electrons. The number of thioether (sulfide) groups is 1. The molecule has 2 N–H and O–H groups in total. The summed E-state index contributed by atoms with van der Waals surface area (Å²) in [6.45, 7) is 4.55. The molecule has 0 saturated carbocycles. The third kappa shape index (κ3) is 3.62. The molecular weight excluding hydrogens is 320 g/mol. The highest BCUT2D eigenvalue weighted by molar-refractivity contribution is 7.98. The SMILES string of the molecule is CC1(C)Cc2nc(CSc3ccc(Cl)cc3)sc2C(N)C1. The Hall–Kier alpha value is -0.550. The maximum Gasteiger partial charge on any atom is 0.103 e. The molecular formula is C16H19ClN2S2. The van der Waals surface area contributed by atoms with Gasteiger partial charge < -0.3 is 5.73 Å². The average Bonchev–Trinajstić information content (AvgIpc) is 2.80. The first-order valence-corrected chi connectivity index (χ1v) is 9.23. The number of fused-ring (bicyclic) bond motifs is 1. The molecule has 1 aromatic carbocycles. The molecule has 0 amide bonds. The molecule has 5 heteroatoms. The molecule has 0 saturated heterocycles. The van der Waals surface area contributed by atoms with Gasteiger partial charge in [0.2, 0.25) is 0 Å². The van der Waals surface area contributed by atoms with E-state index in [1.165, 1.54) is 20.5 Å². The quantitative estimate of drug-likeness (QED) is 0.795. The smallest absolute Gasteiger partial charge is 0.103 e. The van der Waals surface area contributed by atoms with Gasteiger partial charge in [-0.05, 0) is 42.5 Å². The van der Waals surface area contributed by atoms with E-state index >= 15 is 0 Å². The van der Waals surface area contributed by atoms with Crippen LogP contribution in [0, 0.1) is 5.41 Å². The molecule has 1 aromatic heterocycles. The van der Waals surface area contributed by atoms with Gasteiger partial charge in [0.1, 0.15) is 5.01 Å². The number of rotatable bonds is 3. The largest absolute Gasteiger partial charge is 0.323 e. The Balaban J connectivity index is 1.72. The van der Waals surface area contributed by atoms with Crippen molar-refractivity contribution in [2.75, 3.05) is 0 Å². The summed E-state index contributed by atoms with van der Waals surface area (Å²) < 4.78 is 0. The van der Waals surface area contributed by atoms with E-state index in [1.807, 2.05) is 12.1 Å². The fourth-order valence-corrected chi connectivity index (χ4v) is 4.88. The second-order valence-corrected chi connectivity index (χ2v) is 8.91. The number of hydrogen-bond acceptors (Lipinski definition) is 4. The summed E-state index contributed by atoms with van der Waals surface area (Å²) in [6.07, 6.45) is 2.09. The van der Waals surface area contributed by atoms with Crippen LogP contribution >= 0.6 is 34.7 Å². The van der Waals surface area contributed by atoms with Crippen LogP contribution in [0.15, 0.2) is 29.2 Å². The van der Waals surface area contributed by atoms with Crippen molar-refractivity contribution in [2.24, 2.45) is 11.1 Å². The summed E-state index contributed by atoms with van der Waals surface area (Å²) in [7, 11) is 0. The molecule has 1 heterocycles. The van der Waals surface area contributed by atoms with Crippen molar-refractivity contribution in [3.8, 4) is 0 Å². The molecule has 2 aromatic rings. The van der Waals surface area contributed by atoms with Gasteiger partial charge in [-0.25, -0.2) is 4.98 Å². The van der Waals surface area contributed by atoms with E-state index in [2.05, 4.69) is 26.0 Å². The third-order valence-corrected chi connectivity index (χ3v) is 6.39. The Bertz CT molecular complexity index is 634. The van der Waals surface area contributed by atoms with Crippen LogP contribution < -0.4 is 5.73 Å². The minimum absolute atomic E-state index is 0.149. The van der Waals surface area contributed by atoms with E-state index in [1.54, 1.807) is 23.1 Å². The predicted molar refractivity (Wildman–Crippen MR) is 92.2 cm³/mol. The van der Waals surface area contributed by atoms with Crippen LogP contribution in [0.2, 0.25) is 5.02 Å². The number of benzene rings is 1. The minimum atomic E-state index is 0.149. The van der Waals surface area contributed by atoms with Crippen LogP contribution in [0.1, 0.15) is 41.9 Å². The molecule has 1 unspecified atom stereocenters. The summed E-state index contributed by atoms with van der Waals surface area (Å²) >= 11 is 9.49. The van der Waals surface area contributed by atoms with Gasteiger partial charge in [-0.3, -0.25) is 0 Å². The third-order valence-electron chi connectivity index (χ3n) is 3.70. The van der Waals surface area contributed by atoms with Crippen molar-refractivity contribution in [1.82, 2.24) is 4.98 Å². The monoisotopic (exact) mass is 338 g/mol. The van der Waals surface area contributed by atoms with Gasteiger partial charge in [0.25, 0.3) is 0 Å². The van der Waals surface area contributed by atoms with Crippen molar-refractivity contribution in [2.45, 2.75) is 43.4 Å². The fraction of sp³-hybridized carbons (Fsp3) is 0.438. The van der Waals surface area contributed by atoms with Crippen molar-refractivity contribution in [1.29, 1.82) is 0 Å². The molecule has 0 aliphatic heterocycles. The summed E-state index contributed by atoms with van der Waals surface area (Å²) in [5, 5.41) is 1.95. The van der Waals surface area contributed by atoms with Crippen LogP contribution in [0.25, 0.3) is 0 Å². The van der Waals surface area contributed by atoms with Crippen LogP contribution in [0.3, 0.4) is 0 Å². The number of hydrogen-bond donors (Lipinski definition) is 1. The van der Waals surface area contributed by atoms with Crippen LogP contribution in [0.4, 0.5) is 0 Å². The Morgan fingerprint density at radius 3 is 2.81 bits per heavy atom. The summed E-state index contributed by atoms with van der Waals surface area (Å²) in [5.74, 6) is 0.895. The molecule has 21 heavy (non-hydrogen) atoms. The average molecular weight is 339 g/mol. The van der Waals surface area contributed by atoms with Crippen LogP contribution in [-0.2, 0) is 12.2 Å². The van der Waals surface area contributed by atoms with E-state index in [-0.39, 0.29) is 11.5 Å². The van der Waals surface area contributed by atoms with Crippen LogP contribution in [-0.4, -0.2) is 4.98 Å². The van der Waals surface area contributed by atoms with E-state index in [9.17, 15) is 0 Å². The minimum Gasteiger partial charge on any atom is -0.323 e. The van der Waals surface area contributed by atoms with Gasteiger partial charge >= 0.3 is 0 Å². The second-order valence-electron chi connectivity index (χ2n) is 6.31. The summed E-state index contributed by atoms with van der Waals surface area (Å²) in [5.41, 5.74) is 7.79. The zero-order valence-electron chi connectivity index (χ0n) is 12.2. The molecule has 0 radical (unpaired) electrons. The van der Waals surface area contributed by atoms with Gasteiger partial charge in [-0.2, -0.15) is 0 Å².